The molecule has 0 aromatic carbocycles. The van der Waals surface area contributed by atoms with Gasteiger partial charge in [-0.05, 0) is 31.6 Å². The van der Waals surface area contributed by atoms with E-state index < -0.39 is 0 Å². The summed E-state index contributed by atoms with van der Waals surface area (Å²) in [6.45, 7) is 6.95. The molecule has 0 spiro atoms. The van der Waals surface area contributed by atoms with Gasteiger partial charge in [-0.2, -0.15) is 0 Å². The van der Waals surface area contributed by atoms with Crippen LogP contribution in [0.15, 0.2) is 12.2 Å². The fourth-order valence-electron chi connectivity index (χ4n) is 2.86. The molecule has 0 N–H and O–H groups in total. The Morgan fingerprint density at radius 2 is 1.10 bits per heavy atom. The van der Waals surface area contributed by atoms with E-state index in [-0.39, 0.29) is 0 Å². The van der Waals surface area contributed by atoms with Crippen molar-refractivity contribution in [3.63, 3.8) is 0 Å². The maximum absolute atomic E-state index is 2.41. The molecule has 0 radical (unpaired) electrons. The van der Waals surface area contributed by atoms with Crippen LogP contribution < -0.4 is 0 Å². The molecule has 0 heteroatoms. The molecular formula is C20H40. The lowest BCUT2D eigenvalue weighted by atomic mass is 9.92. The zero-order chi connectivity index (χ0) is 14.9. The van der Waals surface area contributed by atoms with Crippen molar-refractivity contribution >= 4 is 0 Å². The predicted molar refractivity (Wildman–Crippen MR) is 94.3 cm³/mol. The zero-order valence-electron chi connectivity index (χ0n) is 14.6. The van der Waals surface area contributed by atoms with Gasteiger partial charge >= 0.3 is 0 Å². The van der Waals surface area contributed by atoms with Crippen molar-refractivity contribution in [1.82, 2.24) is 0 Å². The second kappa shape index (κ2) is 16.8. The Balaban J connectivity index is 3.36. The van der Waals surface area contributed by atoms with E-state index in [4.69, 9.17) is 0 Å². The van der Waals surface area contributed by atoms with Crippen molar-refractivity contribution in [2.45, 2.75) is 111 Å². The van der Waals surface area contributed by atoms with Crippen LogP contribution in [0.2, 0.25) is 0 Å². The van der Waals surface area contributed by atoms with Gasteiger partial charge in [-0.15, -0.1) is 0 Å². The molecule has 20 heavy (non-hydrogen) atoms. The molecule has 0 aromatic heterocycles. The summed E-state index contributed by atoms with van der Waals surface area (Å²) < 4.78 is 0. The van der Waals surface area contributed by atoms with Crippen molar-refractivity contribution in [1.29, 1.82) is 0 Å². The number of rotatable bonds is 15. The minimum Gasteiger partial charge on any atom is -0.0885 e. The smallest absolute Gasteiger partial charge is 0.0351 e. The molecule has 0 amide bonds. The Bertz CT molecular complexity index is 192. The maximum Gasteiger partial charge on any atom is -0.0351 e. The van der Waals surface area contributed by atoms with Crippen LogP contribution in [0, 0.1) is 5.92 Å². The van der Waals surface area contributed by atoms with Gasteiger partial charge in [0.1, 0.15) is 0 Å². The third-order valence-corrected chi connectivity index (χ3v) is 4.42. The molecule has 0 aliphatic carbocycles. The fraction of sp³-hybridized carbons (Fsp3) is 0.900. The zero-order valence-corrected chi connectivity index (χ0v) is 14.6. The highest BCUT2D eigenvalue weighted by molar-refractivity contribution is 4.81. The van der Waals surface area contributed by atoms with Gasteiger partial charge in [-0.25, -0.2) is 0 Å². The summed E-state index contributed by atoms with van der Waals surface area (Å²) in [5.74, 6) is 1.00. The van der Waals surface area contributed by atoms with E-state index in [1.54, 1.807) is 0 Å². The first-order valence-corrected chi connectivity index (χ1v) is 9.50. The largest absolute Gasteiger partial charge is 0.0885 e. The first-order chi connectivity index (χ1) is 9.85. The van der Waals surface area contributed by atoms with E-state index in [0.29, 0.717) is 0 Å². The summed E-state index contributed by atoms with van der Waals surface area (Å²) in [5.41, 5.74) is 0. The van der Waals surface area contributed by atoms with Gasteiger partial charge in [-0.3, -0.25) is 0 Å². The molecule has 0 saturated heterocycles. The first-order valence-electron chi connectivity index (χ1n) is 9.50. The van der Waals surface area contributed by atoms with Crippen LogP contribution in [0.25, 0.3) is 0 Å². The van der Waals surface area contributed by atoms with E-state index >= 15 is 0 Å². The molecule has 0 bridgehead atoms. The lowest BCUT2D eigenvalue weighted by molar-refractivity contribution is 0.399. The molecule has 120 valence electrons. The third-order valence-electron chi connectivity index (χ3n) is 4.42. The lowest BCUT2D eigenvalue weighted by Crippen LogP contribution is -1.99. The van der Waals surface area contributed by atoms with Crippen LogP contribution in [0.1, 0.15) is 111 Å². The molecule has 0 rings (SSSR count). The Labute approximate surface area is 129 Å². The quantitative estimate of drug-likeness (QED) is 0.213. The van der Waals surface area contributed by atoms with Crippen molar-refractivity contribution in [2.75, 3.05) is 0 Å². The highest BCUT2D eigenvalue weighted by Crippen LogP contribution is 2.20. The van der Waals surface area contributed by atoms with Crippen LogP contribution >= 0.6 is 0 Å². The molecule has 0 aromatic rings. The minimum absolute atomic E-state index is 1.00. The normalized spacial score (nSPS) is 13.2. The summed E-state index contributed by atoms with van der Waals surface area (Å²) in [6, 6.07) is 0. The van der Waals surface area contributed by atoms with Gasteiger partial charge in [0.05, 0.1) is 0 Å². The lowest BCUT2D eigenvalue weighted by Gasteiger charge is -2.14. The second-order valence-electron chi connectivity index (χ2n) is 6.38. The van der Waals surface area contributed by atoms with Gasteiger partial charge in [0.15, 0.2) is 0 Å². The molecule has 0 aliphatic heterocycles. The van der Waals surface area contributed by atoms with Crippen LogP contribution in [-0.2, 0) is 0 Å². The third kappa shape index (κ3) is 14.2. The Kier molecular flexibility index (Phi) is 16.6. The van der Waals surface area contributed by atoms with E-state index in [1.807, 2.05) is 0 Å². The molecule has 0 fully saturated rings. The minimum atomic E-state index is 1.00. The van der Waals surface area contributed by atoms with Crippen LogP contribution in [0.4, 0.5) is 0 Å². The van der Waals surface area contributed by atoms with E-state index in [1.165, 1.54) is 89.9 Å². The molecular weight excluding hydrogens is 240 g/mol. The molecule has 1 unspecified atom stereocenters. The number of unbranched alkanes of at least 4 members (excludes halogenated alkanes) is 8. The number of hydrogen-bond donors (Lipinski definition) is 0. The highest BCUT2D eigenvalue weighted by Gasteiger charge is 2.05. The van der Waals surface area contributed by atoms with E-state index in [9.17, 15) is 0 Å². The highest BCUT2D eigenvalue weighted by atomic mass is 14.1. The fourth-order valence-corrected chi connectivity index (χ4v) is 2.86. The Morgan fingerprint density at radius 1 is 0.600 bits per heavy atom. The average molecular weight is 281 g/mol. The van der Waals surface area contributed by atoms with Gasteiger partial charge in [-0.1, -0.05) is 97.1 Å². The van der Waals surface area contributed by atoms with Crippen molar-refractivity contribution in [2.24, 2.45) is 5.92 Å². The second-order valence-corrected chi connectivity index (χ2v) is 6.38. The standard InChI is InChI=1S/C20H40/c1-4-7-9-11-12-13-14-15-17-19-20(6-3)18-16-10-8-5-2/h12-13,20H,4-11,14-19H2,1-3H3. The molecule has 0 aliphatic rings. The van der Waals surface area contributed by atoms with E-state index in [2.05, 4.69) is 32.9 Å². The van der Waals surface area contributed by atoms with Gasteiger partial charge in [0.2, 0.25) is 0 Å². The van der Waals surface area contributed by atoms with Gasteiger partial charge < -0.3 is 0 Å². The topological polar surface area (TPSA) is 0 Å². The Hall–Kier alpha value is -0.260. The Morgan fingerprint density at radius 3 is 1.65 bits per heavy atom. The number of allylic oxidation sites excluding steroid dienone is 2. The van der Waals surface area contributed by atoms with E-state index in [0.717, 1.165) is 5.92 Å². The summed E-state index contributed by atoms with van der Waals surface area (Å²) in [4.78, 5) is 0. The molecule has 1 atom stereocenters. The van der Waals surface area contributed by atoms with Crippen molar-refractivity contribution < 1.29 is 0 Å². The van der Waals surface area contributed by atoms with Crippen LogP contribution in [0.5, 0.6) is 0 Å². The molecule has 0 saturated carbocycles. The maximum atomic E-state index is 2.41. The van der Waals surface area contributed by atoms with Crippen molar-refractivity contribution in [3.05, 3.63) is 12.2 Å². The van der Waals surface area contributed by atoms with Gasteiger partial charge in [0.25, 0.3) is 0 Å². The summed E-state index contributed by atoms with van der Waals surface area (Å²) in [6.07, 6.45) is 24.4. The first kappa shape index (κ1) is 19.7. The molecule has 0 nitrogen and oxygen atoms in total. The summed E-state index contributed by atoms with van der Waals surface area (Å²) in [5, 5.41) is 0. The molecule has 0 heterocycles. The summed E-state index contributed by atoms with van der Waals surface area (Å²) in [7, 11) is 0. The van der Waals surface area contributed by atoms with Gasteiger partial charge in [0, 0.05) is 0 Å². The average Bonchev–Trinajstić information content (AvgIpc) is 2.47. The number of hydrogen-bond acceptors (Lipinski definition) is 0. The SMILES string of the molecule is CCCCCC=CCCCCC(CC)CCCCCC. The predicted octanol–water partition coefficient (Wildman–Crippen LogP) is 7.68. The van der Waals surface area contributed by atoms with Crippen molar-refractivity contribution in [3.8, 4) is 0 Å². The van der Waals surface area contributed by atoms with Crippen LogP contribution in [-0.4, -0.2) is 0 Å². The van der Waals surface area contributed by atoms with Crippen LogP contribution in [0.3, 0.4) is 0 Å². The monoisotopic (exact) mass is 280 g/mol. The summed E-state index contributed by atoms with van der Waals surface area (Å²) >= 11 is 0.